The molecule has 17 heavy (non-hydrogen) atoms. The number of benzene rings is 1. The molecule has 0 fully saturated rings. The number of aliphatic hydroxyl groups is 1. The number of carboxylic acids is 1. The van der Waals surface area contributed by atoms with Crippen LogP contribution in [0.5, 0.6) is 5.75 Å². The quantitative estimate of drug-likeness (QED) is 0.755. The van der Waals surface area contributed by atoms with Gasteiger partial charge < -0.3 is 15.3 Å². The minimum absolute atomic E-state index is 0.161. The molecule has 0 aliphatic carbocycles. The van der Waals surface area contributed by atoms with E-state index in [0.29, 0.717) is 0 Å². The Labute approximate surface area is 96.1 Å². The number of phenols is 1. The fourth-order valence-electron chi connectivity index (χ4n) is 1.52. The van der Waals surface area contributed by atoms with Gasteiger partial charge in [0.05, 0.1) is 0 Å². The highest BCUT2D eigenvalue weighted by Gasteiger charge is 2.58. The first-order valence-electron chi connectivity index (χ1n) is 4.88. The van der Waals surface area contributed by atoms with Crippen molar-refractivity contribution in [3.8, 4) is 5.75 Å². The predicted octanol–water partition coefficient (Wildman–Crippen LogP) is 1.71. The molecule has 4 nitrogen and oxygen atoms in total. The van der Waals surface area contributed by atoms with E-state index in [2.05, 4.69) is 0 Å². The van der Waals surface area contributed by atoms with Crippen LogP contribution in [0.2, 0.25) is 0 Å². The zero-order chi connectivity index (χ0) is 13.3. The highest BCUT2D eigenvalue weighted by atomic mass is 19.3. The van der Waals surface area contributed by atoms with Gasteiger partial charge in [-0.2, -0.15) is 8.78 Å². The first kappa shape index (κ1) is 13.4. The summed E-state index contributed by atoms with van der Waals surface area (Å²) in [7, 11) is 0. The molecule has 0 aliphatic heterocycles. The summed E-state index contributed by atoms with van der Waals surface area (Å²) in [6, 6.07) is 4.34. The first-order valence-corrected chi connectivity index (χ1v) is 4.88. The SMILES string of the molecule is CCC(O)(c1ccc(O)cc1)C(F)(F)C(=O)O. The van der Waals surface area contributed by atoms with E-state index in [1.54, 1.807) is 0 Å². The van der Waals surface area contributed by atoms with Gasteiger partial charge in [-0.05, 0) is 24.1 Å². The Hall–Kier alpha value is -1.69. The Balaban J connectivity index is 3.30. The maximum atomic E-state index is 13.5. The maximum Gasteiger partial charge on any atom is 0.378 e. The van der Waals surface area contributed by atoms with Crippen LogP contribution in [0.3, 0.4) is 0 Å². The average Bonchev–Trinajstić information content (AvgIpc) is 2.28. The number of phenolic OH excluding ortho intramolecular Hbond substituents is 1. The molecule has 1 unspecified atom stereocenters. The zero-order valence-corrected chi connectivity index (χ0v) is 9.02. The molecule has 0 saturated heterocycles. The van der Waals surface area contributed by atoms with Gasteiger partial charge in [0.25, 0.3) is 0 Å². The number of halogens is 2. The Morgan fingerprint density at radius 3 is 2.12 bits per heavy atom. The largest absolute Gasteiger partial charge is 0.508 e. The summed E-state index contributed by atoms with van der Waals surface area (Å²) in [6.07, 6.45) is -0.475. The highest BCUT2D eigenvalue weighted by Crippen LogP contribution is 2.40. The third-order valence-corrected chi connectivity index (χ3v) is 2.64. The van der Waals surface area contributed by atoms with Crippen molar-refractivity contribution in [2.24, 2.45) is 0 Å². The Kier molecular flexibility index (Phi) is 3.38. The third-order valence-electron chi connectivity index (χ3n) is 2.64. The summed E-state index contributed by atoms with van der Waals surface area (Å²) in [5.41, 5.74) is -3.06. The Morgan fingerprint density at radius 1 is 1.29 bits per heavy atom. The summed E-state index contributed by atoms with van der Waals surface area (Å²) in [5.74, 6) is -6.86. The van der Waals surface area contributed by atoms with Crippen LogP contribution in [0.1, 0.15) is 18.9 Å². The lowest BCUT2D eigenvalue weighted by atomic mass is 9.85. The highest BCUT2D eigenvalue weighted by molar-refractivity contribution is 5.77. The molecule has 0 radical (unpaired) electrons. The Morgan fingerprint density at radius 2 is 1.76 bits per heavy atom. The number of alkyl halides is 2. The fraction of sp³-hybridized carbons (Fsp3) is 0.364. The van der Waals surface area contributed by atoms with E-state index in [-0.39, 0.29) is 11.3 Å². The lowest BCUT2D eigenvalue weighted by Crippen LogP contribution is -2.50. The summed E-state index contributed by atoms with van der Waals surface area (Å²) in [4.78, 5) is 10.5. The normalized spacial score (nSPS) is 15.3. The van der Waals surface area contributed by atoms with Crippen molar-refractivity contribution in [2.75, 3.05) is 0 Å². The van der Waals surface area contributed by atoms with Crippen LogP contribution in [0.15, 0.2) is 24.3 Å². The van der Waals surface area contributed by atoms with Crippen LogP contribution in [-0.2, 0) is 10.4 Å². The number of carboxylic acid groups (broad SMARTS) is 1. The third kappa shape index (κ3) is 2.08. The molecule has 0 aliphatic rings. The minimum atomic E-state index is -4.31. The molecular weight excluding hydrogens is 234 g/mol. The van der Waals surface area contributed by atoms with Crippen molar-refractivity contribution in [1.82, 2.24) is 0 Å². The van der Waals surface area contributed by atoms with Gasteiger partial charge in [0.15, 0.2) is 5.60 Å². The standard InChI is InChI=1S/C11H12F2O4/c1-2-10(17,11(12,13)9(15)16)7-3-5-8(14)6-4-7/h3-6,14,17H,2H2,1H3,(H,15,16). The van der Waals surface area contributed by atoms with E-state index in [4.69, 9.17) is 10.2 Å². The van der Waals surface area contributed by atoms with Gasteiger partial charge in [-0.25, -0.2) is 4.79 Å². The van der Waals surface area contributed by atoms with Gasteiger partial charge in [0.1, 0.15) is 5.75 Å². The fourth-order valence-corrected chi connectivity index (χ4v) is 1.52. The van der Waals surface area contributed by atoms with Crippen LogP contribution in [0.4, 0.5) is 8.78 Å². The summed E-state index contributed by atoms with van der Waals surface area (Å²) in [5, 5.41) is 27.4. The lowest BCUT2D eigenvalue weighted by molar-refractivity contribution is -0.213. The van der Waals surface area contributed by atoms with E-state index in [0.717, 1.165) is 24.3 Å². The van der Waals surface area contributed by atoms with Crippen LogP contribution in [0, 0.1) is 0 Å². The molecule has 0 saturated carbocycles. The van der Waals surface area contributed by atoms with Crippen molar-refractivity contribution in [3.05, 3.63) is 29.8 Å². The molecule has 0 amide bonds. The molecule has 1 aromatic rings. The smallest absolute Gasteiger partial charge is 0.378 e. The van der Waals surface area contributed by atoms with E-state index in [1.165, 1.54) is 6.92 Å². The van der Waals surface area contributed by atoms with Crippen molar-refractivity contribution in [2.45, 2.75) is 24.9 Å². The second-order valence-corrected chi connectivity index (χ2v) is 3.64. The maximum absolute atomic E-state index is 13.5. The molecule has 0 bridgehead atoms. The van der Waals surface area contributed by atoms with Crippen LogP contribution in [0.25, 0.3) is 0 Å². The molecule has 3 N–H and O–H groups in total. The van der Waals surface area contributed by atoms with Crippen molar-refractivity contribution >= 4 is 5.97 Å². The molecule has 94 valence electrons. The predicted molar refractivity (Wildman–Crippen MR) is 54.9 cm³/mol. The average molecular weight is 246 g/mol. The first-order chi connectivity index (χ1) is 7.75. The van der Waals surface area contributed by atoms with Crippen LogP contribution in [-0.4, -0.2) is 27.2 Å². The van der Waals surface area contributed by atoms with Crippen molar-refractivity contribution in [3.63, 3.8) is 0 Å². The topological polar surface area (TPSA) is 77.8 Å². The van der Waals surface area contributed by atoms with E-state index >= 15 is 0 Å². The number of rotatable bonds is 4. The Bertz CT molecular complexity index is 416. The molecule has 1 rings (SSSR count). The van der Waals surface area contributed by atoms with Gasteiger partial charge in [-0.15, -0.1) is 0 Å². The second kappa shape index (κ2) is 4.29. The summed E-state index contributed by atoms with van der Waals surface area (Å²) in [6.45, 7) is 1.25. The van der Waals surface area contributed by atoms with E-state index < -0.39 is 23.9 Å². The van der Waals surface area contributed by atoms with Crippen LogP contribution >= 0.6 is 0 Å². The molecule has 0 aromatic heterocycles. The molecule has 1 aromatic carbocycles. The second-order valence-electron chi connectivity index (χ2n) is 3.64. The number of aliphatic carboxylic acids is 1. The van der Waals surface area contributed by atoms with Crippen molar-refractivity contribution < 1.29 is 28.9 Å². The summed E-state index contributed by atoms with van der Waals surface area (Å²) < 4.78 is 26.9. The van der Waals surface area contributed by atoms with Crippen LogP contribution < -0.4 is 0 Å². The number of aromatic hydroxyl groups is 1. The molecule has 0 spiro atoms. The number of hydrogen-bond acceptors (Lipinski definition) is 3. The van der Waals surface area contributed by atoms with Gasteiger partial charge in [-0.1, -0.05) is 19.1 Å². The van der Waals surface area contributed by atoms with E-state index in [1.807, 2.05) is 0 Å². The lowest BCUT2D eigenvalue weighted by Gasteiger charge is -2.32. The molecule has 0 heterocycles. The minimum Gasteiger partial charge on any atom is -0.508 e. The monoisotopic (exact) mass is 246 g/mol. The zero-order valence-electron chi connectivity index (χ0n) is 9.02. The molecule has 6 heteroatoms. The van der Waals surface area contributed by atoms with E-state index in [9.17, 15) is 18.7 Å². The van der Waals surface area contributed by atoms with Gasteiger partial charge >= 0.3 is 11.9 Å². The summed E-state index contributed by atoms with van der Waals surface area (Å²) >= 11 is 0. The molecular formula is C11H12F2O4. The number of hydrogen-bond donors (Lipinski definition) is 3. The number of carbonyl (C=O) groups is 1. The van der Waals surface area contributed by atoms with Gasteiger partial charge in [-0.3, -0.25) is 0 Å². The van der Waals surface area contributed by atoms with Crippen molar-refractivity contribution in [1.29, 1.82) is 0 Å². The molecule has 1 atom stereocenters. The van der Waals surface area contributed by atoms with Gasteiger partial charge in [0.2, 0.25) is 0 Å². The van der Waals surface area contributed by atoms with Gasteiger partial charge in [0, 0.05) is 0 Å².